The Hall–Kier alpha value is -3.72. The lowest BCUT2D eigenvalue weighted by Crippen LogP contribution is -2.36. The minimum absolute atomic E-state index is 0.00973. The number of benzene rings is 3. The van der Waals surface area contributed by atoms with Crippen LogP contribution in [0.4, 0.5) is 5.69 Å². The molecule has 8 nitrogen and oxygen atoms in total. The SMILES string of the molecule is COc1ccccc1N(CCC(=O)N(C)Cc1ccc2c(c1)OCO2)S(=O)(=O)c1ccc(C)cc1. The molecule has 0 saturated carbocycles. The fourth-order valence-corrected chi connectivity index (χ4v) is 5.31. The number of carbonyl (C=O) groups is 1. The highest BCUT2D eigenvalue weighted by atomic mass is 32.2. The van der Waals surface area contributed by atoms with E-state index < -0.39 is 10.0 Å². The number of amides is 1. The van der Waals surface area contributed by atoms with Gasteiger partial charge in [0.15, 0.2) is 11.5 Å². The number of sulfonamides is 1. The molecule has 4 rings (SSSR count). The Kier molecular flexibility index (Phi) is 7.16. The normalized spacial score (nSPS) is 12.3. The van der Waals surface area contributed by atoms with Crippen molar-refractivity contribution < 1.29 is 27.4 Å². The van der Waals surface area contributed by atoms with Gasteiger partial charge in [-0.2, -0.15) is 0 Å². The van der Waals surface area contributed by atoms with Crippen molar-refractivity contribution in [2.24, 2.45) is 0 Å². The predicted octanol–water partition coefficient (Wildman–Crippen LogP) is 3.98. The van der Waals surface area contributed by atoms with Crippen LogP contribution in [0.15, 0.2) is 71.6 Å². The Bertz CT molecular complexity index is 1310. The van der Waals surface area contributed by atoms with Gasteiger partial charge in [0.05, 0.1) is 17.7 Å². The number of carbonyl (C=O) groups excluding carboxylic acids is 1. The van der Waals surface area contributed by atoms with Crippen LogP contribution in [0.1, 0.15) is 17.5 Å². The number of hydrogen-bond donors (Lipinski definition) is 0. The van der Waals surface area contributed by atoms with Gasteiger partial charge in [-0.1, -0.05) is 35.9 Å². The number of fused-ring (bicyclic) bond motifs is 1. The van der Waals surface area contributed by atoms with Gasteiger partial charge >= 0.3 is 0 Å². The second-order valence-electron chi connectivity index (χ2n) is 8.25. The smallest absolute Gasteiger partial charge is 0.264 e. The van der Waals surface area contributed by atoms with Crippen molar-refractivity contribution >= 4 is 21.6 Å². The van der Waals surface area contributed by atoms with E-state index in [2.05, 4.69) is 0 Å². The summed E-state index contributed by atoms with van der Waals surface area (Å²) in [5, 5.41) is 0. The minimum atomic E-state index is -3.94. The Balaban J connectivity index is 1.54. The highest BCUT2D eigenvalue weighted by Gasteiger charge is 2.28. The molecular weight excluding hydrogens is 468 g/mol. The zero-order valence-electron chi connectivity index (χ0n) is 19.9. The molecule has 0 spiro atoms. The fourth-order valence-electron chi connectivity index (χ4n) is 3.83. The lowest BCUT2D eigenvalue weighted by atomic mass is 10.2. The van der Waals surface area contributed by atoms with Gasteiger partial charge in [-0.3, -0.25) is 9.10 Å². The zero-order valence-corrected chi connectivity index (χ0v) is 20.7. The molecule has 3 aromatic rings. The van der Waals surface area contributed by atoms with E-state index in [1.54, 1.807) is 60.5 Å². The molecule has 3 aromatic carbocycles. The highest BCUT2D eigenvalue weighted by Crippen LogP contribution is 2.34. The molecule has 0 atom stereocenters. The van der Waals surface area contributed by atoms with E-state index in [1.165, 1.54) is 11.4 Å². The number of rotatable bonds is 9. The molecule has 0 fully saturated rings. The number of hydrogen-bond acceptors (Lipinski definition) is 6. The van der Waals surface area contributed by atoms with Gasteiger partial charge in [0, 0.05) is 26.6 Å². The lowest BCUT2D eigenvalue weighted by Gasteiger charge is -2.27. The number of nitrogens with zero attached hydrogens (tertiary/aromatic N) is 2. The number of para-hydroxylation sites is 2. The molecule has 184 valence electrons. The van der Waals surface area contributed by atoms with Gasteiger partial charge in [0.25, 0.3) is 10.0 Å². The van der Waals surface area contributed by atoms with Crippen molar-refractivity contribution in [3.8, 4) is 17.2 Å². The van der Waals surface area contributed by atoms with E-state index >= 15 is 0 Å². The molecule has 1 aliphatic heterocycles. The quantitative estimate of drug-likeness (QED) is 0.446. The minimum Gasteiger partial charge on any atom is -0.495 e. The predicted molar refractivity (Wildman–Crippen MR) is 132 cm³/mol. The van der Waals surface area contributed by atoms with Gasteiger partial charge in [0.1, 0.15) is 5.75 Å². The van der Waals surface area contributed by atoms with E-state index in [-0.39, 0.29) is 30.6 Å². The molecule has 1 amide bonds. The van der Waals surface area contributed by atoms with Crippen LogP contribution in [0.3, 0.4) is 0 Å². The van der Waals surface area contributed by atoms with Crippen molar-refractivity contribution in [3.63, 3.8) is 0 Å². The maximum atomic E-state index is 13.6. The number of aryl methyl sites for hydroxylation is 1. The van der Waals surface area contributed by atoms with Crippen molar-refractivity contribution in [2.45, 2.75) is 24.8 Å². The second kappa shape index (κ2) is 10.3. The zero-order chi connectivity index (χ0) is 25.0. The van der Waals surface area contributed by atoms with Crippen LogP contribution in [0, 0.1) is 6.92 Å². The summed E-state index contributed by atoms with van der Waals surface area (Å²) in [6.45, 7) is 2.39. The molecule has 0 bridgehead atoms. The molecule has 0 radical (unpaired) electrons. The summed E-state index contributed by atoms with van der Waals surface area (Å²) in [6.07, 6.45) is -0.00973. The van der Waals surface area contributed by atoms with Crippen LogP contribution in [-0.4, -0.2) is 46.7 Å². The first kappa shape index (κ1) is 24.4. The molecule has 0 aliphatic carbocycles. The fraction of sp³-hybridized carbons (Fsp3) is 0.269. The van der Waals surface area contributed by atoms with Gasteiger partial charge in [-0.05, 0) is 48.9 Å². The molecule has 9 heteroatoms. The molecule has 0 saturated heterocycles. The van der Waals surface area contributed by atoms with E-state index in [0.717, 1.165) is 11.1 Å². The van der Waals surface area contributed by atoms with E-state index in [9.17, 15) is 13.2 Å². The summed E-state index contributed by atoms with van der Waals surface area (Å²) >= 11 is 0. The largest absolute Gasteiger partial charge is 0.495 e. The summed E-state index contributed by atoms with van der Waals surface area (Å²) in [4.78, 5) is 14.7. The lowest BCUT2D eigenvalue weighted by molar-refractivity contribution is -0.130. The second-order valence-corrected chi connectivity index (χ2v) is 10.1. The standard InChI is InChI=1S/C26H28N2O6S/c1-19-8-11-21(12-9-19)35(30,31)28(22-6-4-5-7-23(22)32-3)15-14-26(29)27(2)17-20-10-13-24-25(16-20)34-18-33-24/h4-13,16H,14-15,17-18H2,1-3H3. The summed E-state index contributed by atoms with van der Waals surface area (Å²) in [5.41, 5.74) is 2.22. The summed E-state index contributed by atoms with van der Waals surface area (Å²) in [5.74, 6) is 1.54. The monoisotopic (exact) mass is 496 g/mol. The molecular formula is C26H28N2O6S. The Morgan fingerprint density at radius 3 is 2.46 bits per heavy atom. The maximum absolute atomic E-state index is 13.6. The van der Waals surface area contributed by atoms with Crippen LogP contribution in [-0.2, 0) is 21.4 Å². The highest BCUT2D eigenvalue weighted by molar-refractivity contribution is 7.92. The molecule has 35 heavy (non-hydrogen) atoms. The van der Waals surface area contributed by atoms with Crippen LogP contribution >= 0.6 is 0 Å². The Morgan fingerprint density at radius 1 is 1.00 bits per heavy atom. The van der Waals surface area contributed by atoms with Crippen molar-refractivity contribution in [3.05, 3.63) is 77.9 Å². The van der Waals surface area contributed by atoms with E-state index in [0.29, 0.717) is 29.5 Å². The third kappa shape index (κ3) is 5.35. The summed E-state index contributed by atoms with van der Waals surface area (Å²) in [7, 11) is -0.763. The molecule has 0 N–H and O–H groups in total. The van der Waals surface area contributed by atoms with E-state index in [4.69, 9.17) is 14.2 Å². The number of ether oxygens (including phenoxy) is 3. The first-order chi connectivity index (χ1) is 16.8. The maximum Gasteiger partial charge on any atom is 0.264 e. The van der Waals surface area contributed by atoms with E-state index in [1.807, 2.05) is 25.1 Å². The van der Waals surface area contributed by atoms with Gasteiger partial charge < -0.3 is 19.1 Å². The number of anilines is 1. The summed E-state index contributed by atoms with van der Waals surface area (Å²) in [6, 6.07) is 19.0. The van der Waals surface area contributed by atoms with Crippen LogP contribution in [0.2, 0.25) is 0 Å². The average Bonchev–Trinajstić information content (AvgIpc) is 3.32. The third-order valence-electron chi connectivity index (χ3n) is 5.77. The molecule has 0 aromatic heterocycles. The first-order valence-electron chi connectivity index (χ1n) is 11.1. The van der Waals surface area contributed by atoms with Crippen molar-refractivity contribution in [1.29, 1.82) is 0 Å². The van der Waals surface area contributed by atoms with Gasteiger partial charge in [0.2, 0.25) is 12.7 Å². The first-order valence-corrected chi connectivity index (χ1v) is 12.6. The number of methoxy groups -OCH3 is 1. The molecule has 0 unspecified atom stereocenters. The Labute approximate surface area is 205 Å². The van der Waals surface area contributed by atoms with Crippen LogP contribution in [0.5, 0.6) is 17.2 Å². The van der Waals surface area contributed by atoms with Crippen LogP contribution in [0.25, 0.3) is 0 Å². The third-order valence-corrected chi connectivity index (χ3v) is 7.60. The average molecular weight is 497 g/mol. The topological polar surface area (TPSA) is 85.4 Å². The Morgan fingerprint density at radius 2 is 1.71 bits per heavy atom. The van der Waals surface area contributed by atoms with Crippen molar-refractivity contribution in [2.75, 3.05) is 31.8 Å². The molecule has 1 heterocycles. The van der Waals surface area contributed by atoms with Crippen LogP contribution < -0.4 is 18.5 Å². The summed E-state index contributed by atoms with van der Waals surface area (Å²) < 4.78 is 44.6. The van der Waals surface area contributed by atoms with Crippen molar-refractivity contribution in [1.82, 2.24) is 4.90 Å². The van der Waals surface area contributed by atoms with Gasteiger partial charge in [-0.15, -0.1) is 0 Å². The van der Waals surface area contributed by atoms with Gasteiger partial charge in [-0.25, -0.2) is 8.42 Å². The molecule has 1 aliphatic rings.